The molecule has 18 heavy (non-hydrogen) atoms. The maximum Gasteiger partial charge on any atom is 0.357 e. The lowest BCUT2D eigenvalue weighted by Crippen LogP contribution is -2.04. The van der Waals surface area contributed by atoms with Gasteiger partial charge in [0, 0.05) is 11.4 Å². The van der Waals surface area contributed by atoms with E-state index in [1.165, 1.54) is 18.4 Å². The van der Waals surface area contributed by atoms with E-state index in [-0.39, 0.29) is 5.69 Å². The molecular formula is C11H11N3O3S. The van der Waals surface area contributed by atoms with Crippen molar-refractivity contribution < 1.29 is 14.3 Å². The van der Waals surface area contributed by atoms with Crippen LogP contribution in [0.25, 0.3) is 10.7 Å². The molecule has 0 saturated carbocycles. The number of carbonyl (C=O) groups is 1. The summed E-state index contributed by atoms with van der Waals surface area (Å²) in [7, 11) is 1.52. The molecule has 6 nitrogen and oxygen atoms in total. The van der Waals surface area contributed by atoms with Crippen LogP contribution in [0.4, 0.5) is 0 Å². The van der Waals surface area contributed by atoms with Gasteiger partial charge in [0.15, 0.2) is 5.69 Å². The average molecular weight is 265 g/mol. The molecule has 0 fully saturated rings. The van der Waals surface area contributed by atoms with E-state index >= 15 is 0 Å². The summed E-state index contributed by atoms with van der Waals surface area (Å²) in [5.74, 6) is 0.00222. The summed E-state index contributed by atoms with van der Waals surface area (Å²) in [6.45, 7) is 2.08. The summed E-state index contributed by atoms with van der Waals surface area (Å²) in [5.41, 5.74) is 0.880. The first-order chi connectivity index (χ1) is 8.74. The van der Waals surface area contributed by atoms with Gasteiger partial charge in [-0.25, -0.2) is 9.78 Å². The molecule has 0 aliphatic carbocycles. The highest BCUT2D eigenvalue weighted by atomic mass is 32.1. The van der Waals surface area contributed by atoms with Gasteiger partial charge in [-0.2, -0.15) is 0 Å². The Bertz CT molecular complexity index is 539. The van der Waals surface area contributed by atoms with Gasteiger partial charge in [-0.3, -0.25) is 0 Å². The van der Waals surface area contributed by atoms with E-state index in [1.807, 2.05) is 0 Å². The highest BCUT2D eigenvalue weighted by Crippen LogP contribution is 2.22. The molecule has 2 rings (SSSR count). The average Bonchev–Trinajstić information content (AvgIpc) is 2.89. The highest BCUT2D eigenvalue weighted by molar-refractivity contribution is 7.13. The Morgan fingerprint density at radius 2 is 2.22 bits per heavy atom. The molecule has 0 aliphatic rings. The monoisotopic (exact) mass is 265 g/mol. The van der Waals surface area contributed by atoms with Crippen molar-refractivity contribution in [3.05, 3.63) is 23.2 Å². The fraction of sp³-hybridized carbons (Fsp3) is 0.273. The number of rotatable bonds is 4. The zero-order chi connectivity index (χ0) is 13.0. The maximum absolute atomic E-state index is 11.5. The van der Waals surface area contributed by atoms with Crippen LogP contribution in [0.2, 0.25) is 0 Å². The summed E-state index contributed by atoms with van der Waals surface area (Å²) < 4.78 is 9.78. The molecule has 0 spiro atoms. The Morgan fingerprint density at radius 1 is 1.39 bits per heavy atom. The molecule has 0 bridgehead atoms. The molecule has 2 heterocycles. The van der Waals surface area contributed by atoms with Crippen LogP contribution in [0.3, 0.4) is 0 Å². The first kappa shape index (κ1) is 12.4. The molecule has 94 valence electrons. The third-order valence-corrected chi connectivity index (χ3v) is 2.92. The lowest BCUT2D eigenvalue weighted by atomic mass is 10.4. The standard InChI is InChI=1S/C11H11N3O3S/c1-3-17-11(15)8-6-18-10(12-8)7-4-5-9(16-2)14-13-7/h4-6H,3H2,1-2H3. The Morgan fingerprint density at radius 3 is 2.83 bits per heavy atom. The fourth-order valence-corrected chi connectivity index (χ4v) is 1.99. The number of ether oxygens (including phenoxy) is 2. The van der Waals surface area contributed by atoms with Crippen LogP contribution in [0, 0.1) is 0 Å². The summed E-state index contributed by atoms with van der Waals surface area (Å²) in [6, 6.07) is 3.42. The van der Waals surface area contributed by atoms with Crippen molar-refractivity contribution >= 4 is 17.3 Å². The third kappa shape index (κ3) is 2.62. The van der Waals surface area contributed by atoms with Gasteiger partial charge >= 0.3 is 5.97 Å². The molecule has 0 aliphatic heterocycles. The Kier molecular flexibility index (Phi) is 3.83. The minimum absolute atomic E-state index is 0.287. The van der Waals surface area contributed by atoms with Gasteiger partial charge in [-0.05, 0) is 13.0 Å². The van der Waals surface area contributed by atoms with Gasteiger partial charge in [0.05, 0.1) is 13.7 Å². The van der Waals surface area contributed by atoms with E-state index in [9.17, 15) is 4.79 Å². The SMILES string of the molecule is CCOC(=O)c1csc(-c2ccc(OC)nn2)n1. The summed E-state index contributed by atoms with van der Waals surface area (Å²) >= 11 is 1.32. The smallest absolute Gasteiger partial charge is 0.357 e. The molecule has 0 atom stereocenters. The topological polar surface area (TPSA) is 74.2 Å². The number of hydrogen-bond acceptors (Lipinski definition) is 7. The zero-order valence-corrected chi connectivity index (χ0v) is 10.7. The van der Waals surface area contributed by atoms with Crippen LogP contribution >= 0.6 is 11.3 Å². The van der Waals surface area contributed by atoms with E-state index in [0.717, 1.165) is 0 Å². The number of methoxy groups -OCH3 is 1. The van der Waals surface area contributed by atoms with Gasteiger partial charge in [-0.15, -0.1) is 21.5 Å². The highest BCUT2D eigenvalue weighted by Gasteiger charge is 2.13. The first-order valence-corrected chi connectivity index (χ1v) is 6.13. The van der Waals surface area contributed by atoms with E-state index in [4.69, 9.17) is 9.47 Å². The number of nitrogens with zero attached hydrogens (tertiary/aromatic N) is 3. The van der Waals surface area contributed by atoms with Crippen molar-refractivity contribution in [2.24, 2.45) is 0 Å². The largest absolute Gasteiger partial charge is 0.480 e. The molecule has 0 N–H and O–H groups in total. The third-order valence-electron chi connectivity index (χ3n) is 2.06. The van der Waals surface area contributed by atoms with Crippen LogP contribution < -0.4 is 4.74 Å². The molecule has 0 aromatic carbocycles. The molecular weight excluding hydrogens is 254 g/mol. The Balaban J connectivity index is 2.20. The molecule has 0 amide bonds. The van der Waals surface area contributed by atoms with Crippen LogP contribution in [0.1, 0.15) is 17.4 Å². The zero-order valence-electron chi connectivity index (χ0n) is 9.91. The van der Waals surface area contributed by atoms with Gasteiger partial charge in [0.25, 0.3) is 0 Å². The second-order valence-corrected chi connectivity index (χ2v) is 4.08. The molecule has 2 aromatic rings. The second kappa shape index (κ2) is 5.54. The van der Waals surface area contributed by atoms with Crippen molar-refractivity contribution in [1.29, 1.82) is 0 Å². The predicted molar refractivity (Wildman–Crippen MR) is 65.6 cm³/mol. The summed E-state index contributed by atoms with van der Waals surface area (Å²) in [5, 5.41) is 10.1. The lowest BCUT2D eigenvalue weighted by molar-refractivity contribution is 0.0520. The molecule has 2 aromatic heterocycles. The normalized spacial score (nSPS) is 10.1. The van der Waals surface area contributed by atoms with Crippen LogP contribution in [-0.2, 0) is 4.74 Å². The fourth-order valence-electron chi connectivity index (χ4n) is 1.23. The van der Waals surface area contributed by atoms with Gasteiger partial charge in [0.2, 0.25) is 5.88 Å². The molecule has 0 radical (unpaired) electrons. The van der Waals surface area contributed by atoms with E-state index < -0.39 is 5.97 Å². The Hall–Kier alpha value is -2.02. The Labute approximate surface area is 108 Å². The second-order valence-electron chi connectivity index (χ2n) is 3.22. The van der Waals surface area contributed by atoms with Crippen LogP contribution in [0.15, 0.2) is 17.5 Å². The van der Waals surface area contributed by atoms with Gasteiger partial charge < -0.3 is 9.47 Å². The summed E-state index contributed by atoms with van der Waals surface area (Å²) in [4.78, 5) is 15.6. The number of aromatic nitrogens is 3. The van der Waals surface area contributed by atoms with E-state index in [2.05, 4.69) is 15.2 Å². The van der Waals surface area contributed by atoms with Crippen molar-refractivity contribution in [3.8, 4) is 16.6 Å². The minimum atomic E-state index is -0.429. The maximum atomic E-state index is 11.5. The molecule has 0 unspecified atom stereocenters. The van der Waals surface area contributed by atoms with E-state index in [1.54, 1.807) is 24.4 Å². The predicted octanol–water partition coefficient (Wildman–Crippen LogP) is 1.79. The number of esters is 1. The van der Waals surface area contributed by atoms with Gasteiger partial charge in [-0.1, -0.05) is 0 Å². The number of carbonyl (C=O) groups excluding carboxylic acids is 1. The summed E-state index contributed by atoms with van der Waals surface area (Å²) in [6.07, 6.45) is 0. The number of hydrogen-bond donors (Lipinski definition) is 0. The number of thiazole rings is 1. The quantitative estimate of drug-likeness (QED) is 0.784. The minimum Gasteiger partial charge on any atom is -0.480 e. The van der Waals surface area contributed by atoms with Gasteiger partial charge in [0.1, 0.15) is 10.7 Å². The van der Waals surface area contributed by atoms with Crippen LogP contribution in [-0.4, -0.2) is 34.9 Å². The van der Waals surface area contributed by atoms with E-state index in [0.29, 0.717) is 23.2 Å². The molecule has 0 saturated heterocycles. The van der Waals surface area contributed by atoms with Crippen LogP contribution in [0.5, 0.6) is 5.88 Å². The van der Waals surface area contributed by atoms with Crippen molar-refractivity contribution in [2.45, 2.75) is 6.92 Å². The van der Waals surface area contributed by atoms with Crippen molar-refractivity contribution in [1.82, 2.24) is 15.2 Å². The molecule has 7 heteroatoms. The first-order valence-electron chi connectivity index (χ1n) is 5.25. The van der Waals surface area contributed by atoms with Crippen molar-refractivity contribution in [2.75, 3.05) is 13.7 Å². The van der Waals surface area contributed by atoms with Crippen molar-refractivity contribution in [3.63, 3.8) is 0 Å². The lowest BCUT2D eigenvalue weighted by Gasteiger charge is -1.98.